The molecule has 2 atom stereocenters. The van der Waals surface area contributed by atoms with E-state index in [1.807, 2.05) is 42.5 Å². The Kier molecular flexibility index (Phi) is 10.1. The van der Waals surface area contributed by atoms with Crippen molar-refractivity contribution in [3.05, 3.63) is 60.2 Å². The van der Waals surface area contributed by atoms with Gasteiger partial charge in [0.05, 0.1) is 0 Å². The zero-order valence-electron chi connectivity index (χ0n) is 18.2. The fourth-order valence-electron chi connectivity index (χ4n) is 3.79. The Bertz CT molecular complexity index is 729. The molecule has 1 unspecified atom stereocenters. The summed E-state index contributed by atoms with van der Waals surface area (Å²) in [6.07, 6.45) is 7.28. The number of nitrogens with one attached hydrogen (secondary N) is 1. The van der Waals surface area contributed by atoms with Crippen LogP contribution in [0.4, 0.5) is 5.69 Å². The average Bonchev–Trinajstić information content (AvgIpc) is 2.76. The first kappa shape index (κ1) is 23.3. The summed E-state index contributed by atoms with van der Waals surface area (Å²) < 4.78 is 6.11. The van der Waals surface area contributed by atoms with Crippen molar-refractivity contribution in [1.82, 2.24) is 0 Å². The Hall–Kier alpha value is -1.94. The molecule has 1 N–H and O–H groups in total. The monoisotopic (exact) mass is 413 g/mol. The van der Waals surface area contributed by atoms with Gasteiger partial charge in [0.15, 0.2) is 6.04 Å². The number of hydrogen-bond acceptors (Lipinski definition) is 4. The van der Waals surface area contributed by atoms with Crippen molar-refractivity contribution in [2.45, 2.75) is 69.9 Å². The molecule has 0 aliphatic heterocycles. The van der Waals surface area contributed by atoms with Gasteiger partial charge >= 0.3 is 5.97 Å². The molecular formula is C25H35NO2S. The molecule has 3 nitrogen and oxygen atoms in total. The van der Waals surface area contributed by atoms with Crippen LogP contribution >= 0.6 is 11.8 Å². The Morgan fingerprint density at radius 2 is 1.69 bits per heavy atom. The summed E-state index contributed by atoms with van der Waals surface area (Å²) in [5.74, 6) is 0.227. The molecule has 0 radical (unpaired) electrons. The lowest BCUT2D eigenvalue weighted by molar-refractivity contribution is -0.153. The summed E-state index contributed by atoms with van der Waals surface area (Å²) in [4.78, 5) is 14.5. The fraction of sp³-hybridized carbons (Fsp3) is 0.480. The maximum atomic E-state index is 13.3. The molecule has 2 aromatic carbocycles. The highest BCUT2D eigenvalue weighted by Crippen LogP contribution is 2.28. The summed E-state index contributed by atoms with van der Waals surface area (Å²) in [5.41, 5.74) is 1.85. The second-order valence-electron chi connectivity index (χ2n) is 7.44. The molecule has 0 aliphatic carbocycles. The van der Waals surface area contributed by atoms with E-state index >= 15 is 0 Å². The predicted octanol–water partition coefficient (Wildman–Crippen LogP) is 7.10. The zero-order chi connectivity index (χ0) is 21.1. The summed E-state index contributed by atoms with van der Waals surface area (Å²) in [5, 5.41) is 3.41. The maximum absolute atomic E-state index is 13.3. The van der Waals surface area contributed by atoms with Gasteiger partial charge in [0, 0.05) is 10.6 Å². The Morgan fingerprint density at radius 3 is 2.28 bits per heavy atom. The van der Waals surface area contributed by atoms with Crippen LogP contribution in [0.1, 0.15) is 64.5 Å². The molecule has 4 heteroatoms. The number of hydrogen-bond donors (Lipinski definition) is 1. The van der Waals surface area contributed by atoms with Gasteiger partial charge in [0.2, 0.25) is 0 Å². The minimum absolute atomic E-state index is 0.0343. The van der Waals surface area contributed by atoms with Crippen LogP contribution in [0.2, 0.25) is 0 Å². The molecule has 0 bridgehead atoms. The summed E-state index contributed by atoms with van der Waals surface area (Å²) >= 11 is 1.69. The Labute approximate surface area is 180 Å². The standard InChI is InChI=1S/C25H35NO2S/c1-5-12-19(13-6-2)23(7-3)28-25(27)24(20-14-9-8-10-15-20)26-21-16-11-17-22(18-21)29-4/h8-11,14-19,23-24,26H,5-7,12-13H2,1-4H3/t23-,24?/m0/s1. The molecule has 0 fully saturated rings. The molecule has 0 heterocycles. The smallest absolute Gasteiger partial charge is 0.333 e. The van der Waals surface area contributed by atoms with Crippen molar-refractivity contribution >= 4 is 23.4 Å². The second-order valence-corrected chi connectivity index (χ2v) is 8.32. The quantitative estimate of drug-likeness (QED) is 0.297. The van der Waals surface area contributed by atoms with Crippen LogP contribution in [-0.2, 0) is 9.53 Å². The van der Waals surface area contributed by atoms with Gasteiger partial charge in [-0.15, -0.1) is 11.8 Å². The van der Waals surface area contributed by atoms with E-state index in [1.165, 1.54) is 0 Å². The first-order valence-corrected chi connectivity index (χ1v) is 12.0. The summed E-state index contributed by atoms with van der Waals surface area (Å²) in [6.45, 7) is 6.51. The van der Waals surface area contributed by atoms with Crippen molar-refractivity contribution in [3.8, 4) is 0 Å². The van der Waals surface area contributed by atoms with E-state index in [9.17, 15) is 4.79 Å². The van der Waals surface area contributed by atoms with Crippen LogP contribution in [0.3, 0.4) is 0 Å². The lowest BCUT2D eigenvalue weighted by atomic mass is 9.91. The maximum Gasteiger partial charge on any atom is 0.333 e. The number of carbonyl (C=O) groups excluding carboxylic acids is 1. The molecule has 0 aliphatic rings. The number of thioether (sulfide) groups is 1. The topological polar surface area (TPSA) is 38.3 Å². The molecule has 0 amide bonds. The van der Waals surface area contributed by atoms with Gasteiger partial charge in [-0.25, -0.2) is 4.79 Å². The first-order chi connectivity index (χ1) is 14.1. The number of ether oxygens (including phenoxy) is 1. The molecule has 158 valence electrons. The molecular weight excluding hydrogens is 378 g/mol. The molecule has 0 aromatic heterocycles. The van der Waals surface area contributed by atoms with E-state index in [1.54, 1.807) is 11.8 Å². The molecule has 0 spiro atoms. The number of rotatable bonds is 12. The molecule has 0 saturated carbocycles. The van der Waals surface area contributed by atoms with Gasteiger partial charge in [0.25, 0.3) is 0 Å². The Balaban J connectivity index is 2.24. The van der Waals surface area contributed by atoms with Crippen LogP contribution in [0, 0.1) is 5.92 Å². The van der Waals surface area contributed by atoms with Crippen LogP contribution in [0.5, 0.6) is 0 Å². The largest absolute Gasteiger partial charge is 0.460 e. The lowest BCUT2D eigenvalue weighted by Crippen LogP contribution is -2.31. The third kappa shape index (κ3) is 7.11. The van der Waals surface area contributed by atoms with E-state index < -0.39 is 6.04 Å². The van der Waals surface area contributed by atoms with Crippen LogP contribution in [0.15, 0.2) is 59.5 Å². The van der Waals surface area contributed by atoms with Gasteiger partial charge in [-0.3, -0.25) is 0 Å². The minimum Gasteiger partial charge on any atom is -0.460 e. The van der Waals surface area contributed by atoms with E-state index in [2.05, 4.69) is 44.5 Å². The van der Waals surface area contributed by atoms with Crippen molar-refractivity contribution < 1.29 is 9.53 Å². The third-order valence-corrected chi connectivity index (χ3v) is 5.99. The van der Waals surface area contributed by atoms with Crippen molar-refractivity contribution in [1.29, 1.82) is 0 Å². The van der Waals surface area contributed by atoms with E-state index in [0.29, 0.717) is 5.92 Å². The van der Waals surface area contributed by atoms with Gasteiger partial charge in [0.1, 0.15) is 6.10 Å². The molecule has 2 rings (SSSR count). The van der Waals surface area contributed by atoms with Crippen molar-refractivity contribution in [3.63, 3.8) is 0 Å². The third-order valence-electron chi connectivity index (χ3n) is 5.26. The fourth-order valence-corrected chi connectivity index (χ4v) is 4.25. The molecule has 2 aromatic rings. The number of benzene rings is 2. The second kappa shape index (κ2) is 12.6. The van der Waals surface area contributed by atoms with Crippen LogP contribution in [0.25, 0.3) is 0 Å². The first-order valence-electron chi connectivity index (χ1n) is 10.8. The van der Waals surface area contributed by atoms with Gasteiger partial charge in [-0.05, 0) is 55.2 Å². The van der Waals surface area contributed by atoms with E-state index in [-0.39, 0.29) is 12.1 Å². The van der Waals surface area contributed by atoms with E-state index in [0.717, 1.165) is 48.3 Å². The molecule has 0 saturated heterocycles. The van der Waals surface area contributed by atoms with Gasteiger partial charge in [-0.1, -0.05) is 70.0 Å². The highest BCUT2D eigenvalue weighted by molar-refractivity contribution is 7.98. The SMILES string of the molecule is CCCC(CCC)[C@H](CC)OC(=O)C(Nc1cccc(SC)c1)c1ccccc1. The highest BCUT2D eigenvalue weighted by Gasteiger charge is 2.28. The minimum atomic E-state index is -0.522. The number of anilines is 1. The van der Waals surface area contributed by atoms with E-state index in [4.69, 9.17) is 4.74 Å². The normalized spacial score (nSPS) is 13.1. The predicted molar refractivity (Wildman–Crippen MR) is 125 cm³/mol. The Morgan fingerprint density at radius 1 is 1.00 bits per heavy atom. The van der Waals surface area contributed by atoms with Crippen LogP contribution < -0.4 is 5.32 Å². The zero-order valence-corrected chi connectivity index (χ0v) is 19.0. The van der Waals surface area contributed by atoms with Crippen LogP contribution in [-0.4, -0.2) is 18.3 Å². The molecule has 29 heavy (non-hydrogen) atoms. The van der Waals surface area contributed by atoms with Crippen molar-refractivity contribution in [2.75, 3.05) is 11.6 Å². The summed E-state index contributed by atoms with van der Waals surface area (Å²) in [7, 11) is 0. The highest BCUT2D eigenvalue weighted by atomic mass is 32.2. The summed E-state index contributed by atoms with van der Waals surface area (Å²) in [6, 6.07) is 17.5. The van der Waals surface area contributed by atoms with Gasteiger partial charge < -0.3 is 10.1 Å². The average molecular weight is 414 g/mol. The lowest BCUT2D eigenvalue weighted by Gasteiger charge is -2.28. The number of carbonyl (C=O) groups is 1. The van der Waals surface area contributed by atoms with Crippen molar-refractivity contribution in [2.24, 2.45) is 5.92 Å². The number of esters is 1. The van der Waals surface area contributed by atoms with Gasteiger partial charge in [-0.2, -0.15) is 0 Å².